The maximum Gasteiger partial charge on any atom is 0.175 e. The summed E-state index contributed by atoms with van der Waals surface area (Å²) >= 11 is 5.94. The maximum absolute atomic E-state index is 14.6. The molecule has 3 aromatic rings. The van der Waals surface area contributed by atoms with Crippen molar-refractivity contribution in [2.45, 2.75) is 33.2 Å². The van der Waals surface area contributed by atoms with Crippen LogP contribution in [0.3, 0.4) is 0 Å². The van der Waals surface area contributed by atoms with E-state index in [-0.39, 0.29) is 5.82 Å². The van der Waals surface area contributed by atoms with E-state index in [0.717, 1.165) is 47.2 Å². The Kier molecular flexibility index (Phi) is 6.09. The van der Waals surface area contributed by atoms with Crippen LogP contribution in [-0.4, -0.2) is 57.3 Å². The monoisotopic (exact) mass is 469 g/mol. The Balaban J connectivity index is 1.58. The minimum atomic E-state index is -0.343. The average molecular weight is 470 g/mol. The van der Waals surface area contributed by atoms with Gasteiger partial charge < -0.3 is 4.74 Å². The molecule has 0 amide bonds. The third-order valence-corrected chi connectivity index (χ3v) is 6.09. The predicted octanol–water partition coefficient (Wildman–Crippen LogP) is 3.65. The molecule has 0 atom stereocenters. The number of hydrogen-bond donors (Lipinski definition) is 1. The Morgan fingerprint density at radius 1 is 1.18 bits per heavy atom. The van der Waals surface area contributed by atoms with Crippen molar-refractivity contribution in [1.82, 2.24) is 24.9 Å². The van der Waals surface area contributed by atoms with E-state index in [1.165, 1.54) is 6.07 Å². The fraction of sp³-hybridized carbons (Fsp3) is 0.391. The number of aromatic nitrogens is 3. The van der Waals surface area contributed by atoms with Crippen molar-refractivity contribution < 1.29 is 9.13 Å². The largest absolute Gasteiger partial charge is 0.379 e. The van der Waals surface area contributed by atoms with Gasteiger partial charge in [-0.25, -0.2) is 18.9 Å². The van der Waals surface area contributed by atoms with E-state index >= 15 is 0 Å². The smallest absolute Gasteiger partial charge is 0.175 e. The van der Waals surface area contributed by atoms with E-state index in [1.54, 1.807) is 16.6 Å². The molecule has 0 unspecified atom stereocenters. The van der Waals surface area contributed by atoms with Gasteiger partial charge >= 0.3 is 0 Å². The van der Waals surface area contributed by atoms with E-state index in [0.29, 0.717) is 49.0 Å². The molecule has 2 aliphatic rings. The highest BCUT2D eigenvalue weighted by molar-refractivity contribution is 6.30. The number of benzene rings is 1. The number of morpholine rings is 1. The lowest BCUT2D eigenvalue weighted by Gasteiger charge is -2.26. The van der Waals surface area contributed by atoms with Crippen molar-refractivity contribution >= 4 is 34.6 Å². The van der Waals surface area contributed by atoms with E-state index in [4.69, 9.17) is 31.4 Å². The van der Waals surface area contributed by atoms with Crippen LogP contribution in [0.1, 0.15) is 35.9 Å². The molecule has 1 fully saturated rings. The summed E-state index contributed by atoms with van der Waals surface area (Å²) in [6.45, 7) is 7.73. The molecule has 2 aliphatic heterocycles. The molecule has 1 aromatic carbocycles. The first kappa shape index (κ1) is 21.9. The Hall–Kier alpha value is -2.88. The van der Waals surface area contributed by atoms with Gasteiger partial charge in [0.1, 0.15) is 11.7 Å². The number of hydrogen-bond acceptors (Lipinski definition) is 6. The summed E-state index contributed by atoms with van der Waals surface area (Å²) in [6.07, 6.45) is 1.00. The Morgan fingerprint density at radius 3 is 2.73 bits per heavy atom. The van der Waals surface area contributed by atoms with Gasteiger partial charge in [0.05, 0.1) is 24.6 Å². The molecule has 1 N–H and O–H groups in total. The second kappa shape index (κ2) is 9.17. The van der Waals surface area contributed by atoms with Crippen LogP contribution < -0.4 is 5.43 Å². The van der Waals surface area contributed by atoms with Crippen LogP contribution >= 0.6 is 11.6 Å². The Bertz CT molecular complexity index is 1260. The van der Waals surface area contributed by atoms with Crippen LogP contribution in [0.25, 0.3) is 5.65 Å². The van der Waals surface area contributed by atoms with Gasteiger partial charge in [-0.15, -0.1) is 5.10 Å². The number of ether oxygens (including phenoxy) is 1. The molecule has 5 rings (SSSR count). The zero-order valence-electron chi connectivity index (χ0n) is 18.6. The zero-order chi connectivity index (χ0) is 22.9. The van der Waals surface area contributed by atoms with E-state index < -0.39 is 0 Å². The van der Waals surface area contributed by atoms with Crippen molar-refractivity contribution in [2.75, 3.05) is 26.3 Å². The van der Waals surface area contributed by atoms with E-state index in [2.05, 4.69) is 15.4 Å². The molecular weight excluding hydrogens is 445 g/mol. The highest BCUT2D eigenvalue weighted by atomic mass is 35.5. The standard InChI is InChI=1S/C23H25ClFN7O/c1-14-9-21(29-28-14)27-22-11-17(13-31-5-7-33-8-6-31)23-26-15(2)20(32(23)30-22)10-16-3-4-18(24)12-19(16)25/h3-4,11-12H,5-10,13H2,1-2H3,(H,27,29,30). The number of rotatable bonds is 5. The molecule has 10 heteroatoms. The van der Waals surface area contributed by atoms with Crippen LogP contribution in [-0.2, 0) is 17.7 Å². The van der Waals surface area contributed by atoms with Crippen LogP contribution in [0.15, 0.2) is 34.4 Å². The van der Waals surface area contributed by atoms with Gasteiger partial charge in [-0.2, -0.15) is 5.10 Å². The lowest BCUT2D eigenvalue weighted by atomic mass is 10.1. The molecule has 0 radical (unpaired) electrons. The summed E-state index contributed by atoms with van der Waals surface area (Å²) in [5.74, 6) is 0.969. The number of aryl methyl sites for hydroxylation is 1. The van der Waals surface area contributed by atoms with Crippen molar-refractivity contribution in [2.24, 2.45) is 10.1 Å². The lowest BCUT2D eigenvalue weighted by Crippen LogP contribution is -2.35. The topological polar surface area (TPSA) is 79.4 Å². The fourth-order valence-corrected chi connectivity index (χ4v) is 4.28. The van der Waals surface area contributed by atoms with Crippen molar-refractivity contribution in [3.8, 4) is 0 Å². The fourth-order valence-electron chi connectivity index (χ4n) is 4.12. The number of aliphatic imine (C=N–C) groups is 1. The first-order valence-corrected chi connectivity index (χ1v) is 11.3. The normalized spacial score (nSPS) is 18.2. The summed E-state index contributed by atoms with van der Waals surface area (Å²) < 4.78 is 21.9. The molecule has 0 bridgehead atoms. The molecule has 33 heavy (non-hydrogen) atoms. The molecule has 0 spiro atoms. The van der Waals surface area contributed by atoms with Gasteiger partial charge in [0, 0.05) is 48.8 Å². The number of nitrogens with one attached hydrogen (secondary N) is 1. The maximum atomic E-state index is 14.6. The number of amidine groups is 1. The summed E-state index contributed by atoms with van der Waals surface area (Å²) in [6, 6.07) is 6.71. The summed E-state index contributed by atoms with van der Waals surface area (Å²) in [5, 5.41) is 9.34. The molecule has 0 aliphatic carbocycles. The highest BCUT2D eigenvalue weighted by Crippen LogP contribution is 2.25. The second-order valence-corrected chi connectivity index (χ2v) is 8.84. The lowest BCUT2D eigenvalue weighted by molar-refractivity contribution is 0.0343. The van der Waals surface area contributed by atoms with Gasteiger partial charge in [0.15, 0.2) is 11.5 Å². The van der Waals surface area contributed by atoms with E-state index in [9.17, 15) is 4.39 Å². The quantitative estimate of drug-likeness (QED) is 0.617. The average Bonchev–Trinajstić information content (AvgIpc) is 3.33. The molecule has 1 saturated heterocycles. The van der Waals surface area contributed by atoms with Gasteiger partial charge in [-0.3, -0.25) is 10.3 Å². The van der Waals surface area contributed by atoms with Crippen LogP contribution in [0, 0.1) is 12.7 Å². The summed E-state index contributed by atoms with van der Waals surface area (Å²) in [7, 11) is 0. The van der Waals surface area contributed by atoms with Crippen LogP contribution in [0.5, 0.6) is 0 Å². The van der Waals surface area contributed by atoms with Gasteiger partial charge in [0.2, 0.25) is 0 Å². The molecule has 0 saturated carbocycles. The third kappa shape index (κ3) is 4.75. The van der Waals surface area contributed by atoms with Gasteiger partial charge in [-0.05, 0) is 37.6 Å². The molecule has 8 nitrogen and oxygen atoms in total. The summed E-state index contributed by atoms with van der Waals surface area (Å²) in [4.78, 5) is 11.8. The Morgan fingerprint density at radius 2 is 2.00 bits per heavy atom. The number of nitrogens with zero attached hydrogens (tertiary/aromatic N) is 6. The SMILES string of the molecule is CC1=NNC(=Nc2cc(CN3CCOCC3)c3nc(C)c(Cc4ccc(Cl)cc4F)n3n2)C1. The third-order valence-electron chi connectivity index (χ3n) is 5.86. The molecular formula is C23H25ClFN7O. The zero-order valence-corrected chi connectivity index (χ0v) is 19.4. The van der Waals surface area contributed by atoms with Gasteiger partial charge in [-0.1, -0.05) is 17.7 Å². The first-order chi connectivity index (χ1) is 16.0. The van der Waals surface area contributed by atoms with Crippen molar-refractivity contribution in [3.63, 3.8) is 0 Å². The highest BCUT2D eigenvalue weighted by Gasteiger charge is 2.20. The molecule has 172 valence electrons. The number of halogens is 2. The number of hydrazone groups is 1. The van der Waals surface area contributed by atoms with Crippen LogP contribution in [0.2, 0.25) is 5.02 Å². The Labute approximate surface area is 196 Å². The summed E-state index contributed by atoms with van der Waals surface area (Å²) in [5.41, 5.74) is 7.89. The first-order valence-electron chi connectivity index (χ1n) is 10.9. The van der Waals surface area contributed by atoms with Crippen LogP contribution in [0.4, 0.5) is 10.2 Å². The molecule has 2 aromatic heterocycles. The number of imidazole rings is 1. The second-order valence-electron chi connectivity index (χ2n) is 8.40. The van der Waals surface area contributed by atoms with Crippen molar-refractivity contribution in [3.05, 3.63) is 57.6 Å². The van der Waals surface area contributed by atoms with Crippen molar-refractivity contribution in [1.29, 1.82) is 0 Å². The minimum Gasteiger partial charge on any atom is -0.379 e. The van der Waals surface area contributed by atoms with E-state index in [1.807, 2.05) is 19.9 Å². The minimum absolute atomic E-state index is 0.343. The predicted molar refractivity (Wildman–Crippen MR) is 126 cm³/mol. The molecule has 4 heterocycles. The van der Waals surface area contributed by atoms with Gasteiger partial charge in [0.25, 0.3) is 0 Å². The number of fused-ring (bicyclic) bond motifs is 1.